The van der Waals surface area contributed by atoms with Crippen molar-refractivity contribution in [3.05, 3.63) is 120 Å². The van der Waals surface area contributed by atoms with Crippen LogP contribution in [-0.2, 0) is 55.8 Å². The summed E-state index contributed by atoms with van der Waals surface area (Å²) in [5, 5.41) is 8.97. The minimum Gasteiger partial charge on any atom is -0.368 e. The number of fused-ring (bicyclic) bond motifs is 2. The van der Waals surface area contributed by atoms with Crippen LogP contribution < -0.4 is 0 Å². The second-order valence-electron chi connectivity index (χ2n) is 13.1. The molecule has 4 aliphatic rings. The second kappa shape index (κ2) is 14.0. The van der Waals surface area contributed by atoms with Gasteiger partial charge in [-0.25, -0.2) is 4.68 Å². The molecule has 4 fully saturated rings. The maximum atomic E-state index is 6.79. The topological polar surface area (TPSA) is 114 Å². The Hall–Kier alpha value is -3.56. The highest BCUT2D eigenvalue weighted by molar-refractivity contribution is 5.18. The number of rotatable bonds is 10. The van der Waals surface area contributed by atoms with Gasteiger partial charge in [0.25, 0.3) is 0 Å². The minimum absolute atomic E-state index is 0.293. The Bertz CT molecular complexity index is 1660. The van der Waals surface area contributed by atoms with Gasteiger partial charge in [0.05, 0.1) is 31.7 Å². The molecule has 0 N–H and O–H groups in total. The summed E-state index contributed by atoms with van der Waals surface area (Å²) in [4.78, 5) is 0. The first-order chi connectivity index (χ1) is 24.0. The van der Waals surface area contributed by atoms with Crippen LogP contribution in [0.25, 0.3) is 0 Å². The highest BCUT2D eigenvalue weighted by atomic mass is 16.8. The maximum Gasteiger partial charge on any atom is 0.190 e. The smallest absolute Gasteiger partial charge is 0.190 e. The van der Waals surface area contributed by atoms with Gasteiger partial charge in [-0.05, 0) is 25.0 Å². The third-order valence-corrected chi connectivity index (χ3v) is 9.35. The van der Waals surface area contributed by atoms with E-state index in [2.05, 4.69) is 10.3 Å². The number of hydrogen-bond acceptors (Lipinski definition) is 11. The summed E-state index contributed by atoms with van der Waals surface area (Å²) in [5.41, 5.74) is 3.59. The van der Waals surface area contributed by atoms with Crippen LogP contribution in [0.2, 0.25) is 0 Å². The lowest BCUT2D eigenvalue weighted by Gasteiger charge is -2.49. The zero-order valence-electron chi connectivity index (χ0n) is 27.6. The summed E-state index contributed by atoms with van der Waals surface area (Å²) in [5.74, 6) is -0.827. The molecule has 0 radical (unpaired) electrons. The molecule has 4 aliphatic heterocycles. The molecule has 0 bridgehead atoms. The Morgan fingerprint density at radius 3 is 2.10 bits per heavy atom. The van der Waals surface area contributed by atoms with Gasteiger partial charge in [0.1, 0.15) is 42.7 Å². The van der Waals surface area contributed by atoms with Crippen LogP contribution in [0.15, 0.2) is 97.2 Å². The number of hydrogen-bond donors (Lipinski definition) is 0. The van der Waals surface area contributed by atoms with Crippen molar-refractivity contribution >= 4 is 0 Å². The lowest BCUT2D eigenvalue weighted by atomic mass is 9.94. The fraction of sp³-hybridized carbons (Fsp3) is 0.459. The van der Waals surface area contributed by atoms with Gasteiger partial charge in [0, 0.05) is 12.7 Å². The first-order valence-electron chi connectivity index (χ1n) is 16.7. The molecule has 12 heteroatoms. The largest absolute Gasteiger partial charge is 0.368 e. The van der Waals surface area contributed by atoms with E-state index in [-0.39, 0.29) is 0 Å². The fourth-order valence-electron chi connectivity index (χ4n) is 7.10. The van der Waals surface area contributed by atoms with Crippen LogP contribution in [0.4, 0.5) is 0 Å². The summed E-state index contributed by atoms with van der Waals surface area (Å²) >= 11 is 0. The lowest BCUT2D eigenvalue weighted by Crippen LogP contribution is -2.61. The van der Waals surface area contributed by atoms with Crippen LogP contribution in [0.3, 0.4) is 0 Å². The average molecular weight is 672 g/mol. The van der Waals surface area contributed by atoms with Gasteiger partial charge in [-0.2, -0.15) is 0 Å². The first kappa shape index (κ1) is 32.6. The van der Waals surface area contributed by atoms with Crippen LogP contribution in [0.1, 0.15) is 54.7 Å². The first-order valence-corrected chi connectivity index (χ1v) is 16.7. The van der Waals surface area contributed by atoms with Crippen molar-refractivity contribution in [1.29, 1.82) is 0 Å². The van der Waals surface area contributed by atoms with Gasteiger partial charge in [-0.1, -0.05) is 96.2 Å². The van der Waals surface area contributed by atoms with E-state index in [1.54, 1.807) is 18.0 Å². The molecule has 0 aliphatic carbocycles. The number of nitrogens with zero attached hydrogens (tertiary/aromatic N) is 3. The fourth-order valence-corrected chi connectivity index (χ4v) is 7.10. The van der Waals surface area contributed by atoms with Crippen LogP contribution in [0, 0.1) is 0 Å². The predicted octanol–water partition coefficient (Wildman–Crippen LogP) is 5.02. The third-order valence-electron chi connectivity index (χ3n) is 9.35. The van der Waals surface area contributed by atoms with E-state index in [4.69, 9.17) is 42.6 Å². The van der Waals surface area contributed by atoms with Crippen molar-refractivity contribution in [2.75, 3.05) is 13.7 Å². The summed E-state index contributed by atoms with van der Waals surface area (Å²) in [6, 6.07) is 29.2. The van der Waals surface area contributed by atoms with E-state index >= 15 is 0 Å². The number of benzene rings is 3. The zero-order valence-corrected chi connectivity index (χ0v) is 27.6. The van der Waals surface area contributed by atoms with Crippen molar-refractivity contribution in [1.82, 2.24) is 15.0 Å². The average Bonchev–Trinajstić information content (AvgIpc) is 3.82. The highest BCUT2D eigenvalue weighted by Gasteiger charge is 2.58. The van der Waals surface area contributed by atoms with Gasteiger partial charge in [-0.15, -0.1) is 5.10 Å². The van der Waals surface area contributed by atoms with Gasteiger partial charge >= 0.3 is 0 Å². The number of methoxy groups -OCH3 is 1. The van der Waals surface area contributed by atoms with E-state index < -0.39 is 67.3 Å². The number of aromatic nitrogens is 3. The Morgan fingerprint density at radius 1 is 0.776 bits per heavy atom. The van der Waals surface area contributed by atoms with Gasteiger partial charge in [-0.3, -0.25) is 0 Å². The highest BCUT2D eigenvalue weighted by Crippen LogP contribution is 2.47. The van der Waals surface area contributed by atoms with Crippen LogP contribution in [-0.4, -0.2) is 77.6 Å². The van der Waals surface area contributed by atoms with E-state index in [0.717, 1.165) is 16.7 Å². The Balaban J connectivity index is 1.13. The quantitative estimate of drug-likeness (QED) is 0.226. The van der Waals surface area contributed by atoms with Crippen molar-refractivity contribution in [2.45, 2.75) is 94.4 Å². The van der Waals surface area contributed by atoms with Crippen molar-refractivity contribution in [3.63, 3.8) is 0 Å². The van der Waals surface area contributed by atoms with E-state index in [1.165, 1.54) is 0 Å². The molecule has 10 atom stereocenters. The second-order valence-corrected chi connectivity index (χ2v) is 13.1. The van der Waals surface area contributed by atoms with Crippen LogP contribution >= 0.6 is 0 Å². The molecular weight excluding hydrogens is 630 g/mol. The Morgan fingerprint density at radius 2 is 1.43 bits per heavy atom. The standard InChI is InChI=1S/C37H41N3O9/c1-37(2)48-33-32(43-21-24-15-9-5-10-16-24)29(46-36(33)49-37)26-19-38-39-40(26)28-31(42-20-23-13-7-4-8-14-23)30-27(45-35(28)41-3)22-44-34(47-30)25-17-11-6-12-18-25/h4-19,27-36H,20-22H2,1-3H3/t27-,28+,29-,30-,31+,32-,33-,34-,35+,36-/m1/s1. The predicted molar refractivity (Wildman–Crippen MR) is 172 cm³/mol. The molecule has 3 aromatic carbocycles. The van der Waals surface area contributed by atoms with E-state index in [0.29, 0.717) is 25.5 Å². The van der Waals surface area contributed by atoms with E-state index in [9.17, 15) is 0 Å². The normalized spacial score (nSPS) is 33.6. The molecule has 0 unspecified atom stereocenters. The molecule has 0 amide bonds. The van der Waals surface area contributed by atoms with E-state index in [1.807, 2.05) is 105 Å². The molecule has 12 nitrogen and oxygen atoms in total. The summed E-state index contributed by atoms with van der Waals surface area (Å²) in [7, 11) is 1.60. The zero-order chi connectivity index (χ0) is 33.4. The summed E-state index contributed by atoms with van der Waals surface area (Å²) < 4.78 is 59.5. The van der Waals surface area contributed by atoms with Crippen LogP contribution in [0.5, 0.6) is 0 Å². The van der Waals surface area contributed by atoms with Crippen molar-refractivity contribution in [2.24, 2.45) is 0 Å². The Kier molecular flexibility index (Phi) is 9.31. The molecular formula is C37H41N3O9. The monoisotopic (exact) mass is 671 g/mol. The number of ether oxygens (including phenoxy) is 9. The SMILES string of the molecule is CO[C@H]1O[C@@H]2CO[C@@H](c3ccccc3)O[C@H]2[C@@H](OCc2ccccc2)[C@@H]1n1nncc1[C@H]1O[C@@H]2OC(C)(C)O[C@@H]2[C@@H]1OCc1ccccc1. The molecule has 0 saturated carbocycles. The summed E-state index contributed by atoms with van der Waals surface area (Å²) in [6.45, 7) is 4.72. The maximum absolute atomic E-state index is 6.79. The molecule has 4 aromatic rings. The van der Waals surface area contributed by atoms with Crippen molar-refractivity contribution in [3.8, 4) is 0 Å². The van der Waals surface area contributed by atoms with Crippen molar-refractivity contribution < 1.29 is 42.6 Å². The third kappa shape index (κ3) is 6.68. The molecule has 0 spiro atoms. The van der Waals surface area contributed by atoms with Gasteiger partial charge < -0.3 is 42.6 Å². The molecule has 4 saturated heterocycles. The molecule has 258 valence electrons. The van der Waals surface area contributed by atoms with Gasteiger partial charge in [0.2, 0.25) is 0 Å². The van der Waals surface area contributed by atoms with Gasteiger partial charge in [0.15, 0.2) is 24.7 Å². The molecule has 49 heavy (non-hydrogen) atoms. The molecule has 5 heterocycles. The molecule has 8 rings (SSSR count). The minimum atomic E-state index is -0.827. The Labute approximate surface area is 285 Å². The lowest BCUT2D eigenvalue weighted by molar-refractivity contribution is -0.353. The summed E-state index contributed by atoms with van der Waals surface area (Å²) in [6.07, 6.45) is -3.57. The molecule has 1 aromatic heterocycles.